The predicted molar refractivity (Wildman–Crippen MR) is 90.5 cm³/mol. The summed E-state index contributed by atoms with van der Waals surface area (Å²) in [6, 6.07) is 12.0. The Hall–Kier alpha value is -3.08. The molecule has 1 heterocycles. The number of nitrogens with zero attached hydrogens (tertiary/aromatic N) is 1. The van der Waals surface area contributed by atoms with Gasteiger partial charge in [-0.15, -0.1) is 0 Å². The molecule has 1 N–H and O–H groups in total. The van der Waals surface area contributed by atoms with Gasteiger partial charge in [-0.25, -0.2) is 13.6 Å². The van der Waals surface area contributed by atoms with Crippen molar-refractivity contribution < 1.29 is 18.7 Å². The second kappa shape index (κ2) is 6.81. The van der Waals surface area contributed by atoms with Crippen molar-refractivity contribution in [1.29, 1.82) is 0 Å². The van der Waals surface area contributed by atoms with Gasteiger partial charge in [0.25, 0.3) is 0 Å². The smallest absolute Gasteiger partial charge is 0.335 e. The quantitative estimate of drug-likeness (QED) is 0.754. The van der Waals surface area contributed by atoms with Gasteiger partial charge in [-0.2, -0.15) is 0 Å². The van der Waals surface area contributed by atoms with Crippen molar-refractivity contribution in [2.75, 3.05) is 0 Å². The van der Waals surface area contributed by atoms with E-state index >= 15 is 0 Å². The average Bonchev–Trinajstić information content (AvgIpc) is 2.57. The predicted octanol–water partition coefficient (Wildman–Crippen LogP) is 4.62. The average molecular weight is 339 g/mol. The zero-order valence-corrected chi connectivity index (χ0v) is 13.5. The van der Waals surface area contributed by atoms with Gasteiger partial charge in [0.2, 0.25) is 0 Å². The third-order valence-electron chi connectivity index (χ3n) is 3.92. The summed E-state index contributed by atoms with van der Waals surface area (Å²) >= 11 is 0. The molecule has 0 atom stereocenters. The molecule has 126 valence electrons. The Labute approximate surface area is 143 Å². The minimum Gasteiger partial charge on any atom is -0.478 e. The van der Waals surface area contributed by atoms with Gasteiger partial charge in [0.1, 0.15) is 11.6 Å². The fourth-order valence-corrected chi connectivity index (χ4v) is 2.65. The molecule has 0 spiro atoms. The molecule has 0 aliphatic heterocycles. The van der Waals surface area contributed by atoms with Crippen molar-refractivity contribution in [3.63, 3.8) is 0 Å². The van der Waals surface area contributed by atoms with Crippen LogP contribution in [0.25, 0.3) is 11.3 Å². The zero-order valence-electron chi connectivity index (χ0n) is 13.5. The minimum absolute atomic E-state index is 0.217. The van der Waals surface area contributed by atoms with Crippen LogP contribution in [0.1, 0.15) is 27.0 Å². The number of carboxylic acid groups (broad SMARTS) is 1. The maximum absolute atomic E-state index is 13.8. The molecular weight excluding hydrogens is 324 g/mol. The van der Waals surface area contributed by atoms with E-state index in [9.17, 15) is 18.7 Å². The van der Waals surface area contributed by atoms with E-state index in [2.05, 4.69) is 4.98 Å². The molecule has 2 aromatic carbocycles. The number of aryl methyl sites for hydroxylation is 1. The first-order chi connectivity index (χ1) is 11.9. The molecule has 3 nitrogen and oxygen atoms in total. The first-order valence-corrected chi connectivity index (χ1v) is 7.67. The molecule has 0 radical (unpaired) electrons. The lowest BCUT2D eigenvalue weighted by Gasteiger charge is -2.08. The number of aromatic carboxylic acids is 1. The highest BCUT2D eigenvalue weighted by Crippen LogP contribution is 2.23. The van der Waals surface area contributed by atoms with Crippen LogP contribution in [0.5, 0.6) is 0 Å². The molecule has 0 fully saturated rings. The molecule has 0 unspecified atom stereocenters. The molecule has 3 rings (SSSR count). The summed E-state index contributed by atoms with van der Waals surface area (Å²) in [7, 11) is 0. The summed E-state index contributed by atoms with van der Waals surface area (Å²) in [6.45, 7) is 1.84. The molecule has 0 saturated carbocycles. The third-order valence-corrected chi connectivity index (χ3v) is 3.92. The lowest BCUT2D eigenvalue weighted by atomic mass is 9.98. The Morgan fingerprint density at radius 2 is 1.88 bits per heavy atom. The number of aromatic nitrogens is 1. The van der Waals surface area contributed by atoms with Crippen LogP contribution in [0.3, 0.4) is 0 Å². The van der Waals surface area contributed by atoms with Crippen LogP contribution < -0.4 is 0 Å². The SMILES string of the molecule is Cc1ccc(Cc2ccc(-c3ccc(F)cc3F)nc2)c(C(=O)O)c1. The lowest BCUT2D eigenvalue weighted by Crippen LogP contribution is -2.04. The molecule has 0 aliphatic carbocycles. The third kappa shape index (κ3) is 3.71. The number of carbonyl (C=O) groups is 1. The Balaban J connectivity index is 1.88. The van der Waals surface area contributed by atoms with E-state index in [-0.39, 0.29) is 11.1 Å². The fourth-order valence-electron chi connectivity index (χ4n) is 2.65. The first-order valence-electron chi connectivity index (χ1n) is 7.67. The monoisotopic (exact) mass is 339 g/mol. The number of halogens is 2. The zero-order chi connectivity index (χ0) is 18.0. The Kier molecular flexibility index (Phi) is 4.57. The van der Waals surface area contributed by atoms with Crippen LogP contribution in [0, 0.1) is 18.6 Å². The van der Waals surface area contributed by atoms with Crippen LogP contribution in [-0.2, 0) is 6.42 Å². The number of pyridine rings is 1. The highest BCUT2D eigenvalue weighted by atomic mass is 19.1. The highest BCUT2D eigenvalue weighted by molar-refractivity contribution is 5.89. The molecule has 0 bridgehead atoms. The molecule has 0 aliphatic rings. The van der Waals surface area contributed by atoms with Crippen molar-refractivity contribution in [2.24, 2.45) is 0 Å². The van der Waals surface area contributed by atoms with E-state index < -0.39 is 17.6 Å². The molecule has 25 heavy (non-hydrogen) atoms. The summed E-state index contributed by atoms with van der Waals surface area (Å²) in [5.41, 5.74) is 3.23. The van der Waals surface area contributed by atoms with E-state index in [1.165, 1.54) is 12.1 Å². The van der Waals surface area contributed by atoms with Gasteiger partial charge in [-0.05, 0) is 48.7 Å². The van der Waals surface area contributed by atoms with Gasteiger partial charge in [-0.1, -0.05) is 23.8 Å². The van der Waals surface area contributed by atoms with E-state index in [1.54, 1.807) is 30.5 Å². The van der Waals surface area contributed by atoms with E-state index in [4.69, 9.17) is 0 Å². The molecular formula is C20H15F2NO2. The molecule has 1 aromatic heterocycles. The molecule has 3 aromatic rings. The maximum atomic E-state index is 13.8. The van der Waals surface area contributed by atoms with E-state index in [0.29, 0.717) is 17.7 Å². The fraction of sp³-hybridized carbons (Fsp3) is 0.100. The summed E-state index contributed by atoms with van der Waals surface area (Å²) < 4.78 is 26.8. The lowest BCUT2D eigenvalue weighted by molar-refractivity contribution is 0.0695. The van der Waals surface area contributed by atoms with Crippen molar-refractivity contribution in [3.05, 3.63) is 88.6 Å². The minimum atomic E-state index is -0.975. The topological polar surface area (TPSA) is 50.2 Å². The highest BCUT2D eigenvalue weighted by Gasteiger charge is 2.12. The van der Waals surface area contributed by atoms with Gasteiger partial charge in [-0.3, -0.25) is 4.98 Å². The first kappa shape index (κ1) is 16.8. The molecule has 5 heteroatoms. The number of carboxylic acids is 1. The van der Waals surface area contributed by atoms with Crippen LogP contribution in [0.2, 0.25) is 0 Å². The number of hydrogen-bond donors (Lipinski definition) is 1. The van der Waals surface area contributed by atoms with Gasteiger partial charge in [0, 0.05) is 17.8 Å². The maximum Gasteiger partial charge on any atom is 0.335 e. The Morgan fingerprint density at radius 3 is 2.52 bits per heavy atom. The van der Waals surface area contributed by atoms with Crippen molar-refractivity contribution >= 4 is 5.97 Å². The number of rotatable bonds is 4. The Morgan fingerprint density at radius 1 is 1.08 bits per heavy atom. The molecule has 0 saturated heterocycles. The number of hydrogen-bond acceptors (Lipinski definition) is 2. The largest absolute Gasteiger partial charge is 0.478 e. The van der Waals surface area contributed by atoms with Crippen LogP contribution in [-0.4, -0.2) is 16.1 Å². The standard InChI is InChI=1S/C20H15F2NO2/c1-12-2-4-14(17(8-12)20(24)25)9-13-3-7-19(23-11-13)16-6-5-15(21)10-18(16)22/h2-8,10-11H,9H2,1H3,(H,24,25). The second-order valence-corrected chi connectivity index (χ2v) is 5.82. The van der Waals surface area contributed by atoms with Crippen LogP contribution >= 0.6 is 0 Å². The van der Waals surface area contributed by atoms with Gasteiger partial charge in [0.05, 0.1) is 11.3 Å². The van der Waals surface area contributed by atoms with E-state index in [1.807, 2.05) is 13.0 Å². The summed E-state index contributed by atoms with van der Waals surface area (Å²) in [5, 5.41) is 9.33. The number of benzene rings is 2. The van der Waals surface area contributed by atoms with Crippen molar-refractivity contribution in [2.45, 2.75) is 13.3 Å². The van der Waals surface area contributed by atoms with Crippen LogP contribution in [0.15, 0.2) is 54.7 Å². The summed E-state index contributed by atoms with van der Waals surface area (Å²) in [4.78, 5) is 15.6. The van der Waals surface area contributed by atoms with E-state index in [0.717, 1.165) is 17.2 Å². The summed E-state index contributed by atoms with van der Waals surface area (Å²) in [6.07, 6.45) is 1.98. The van der Waals surface area contributed by atoms with Gasteiger partial charge >= 0.3 is 5.97 Å². The summed E-state index contributed by atoms with van der Waals surface area (Å²) in [5.74, 6) is -2.29. The van der Waals surface area contributed by atoms with Gasteiger partial charge in [0.15, 0.2) is 0 Å². The van der Waals surface area contributed by atoms with Crippen LogP contribution in [0.4, 0.5) is 8.78 Å². The second-order valence-electron chi connectivity index (χ2n) is 5.82. The van der Waals surface area contributed by atoms with Crippen molar-refractivity contribution in [1.82, 2.24) is 4.98 Å². The van der Waals surface area contributed by atoms with Gasteiger partial charge < -0.3 is 5.11 Å². The Bertz CT molecular complexity index is 937. The molecule has 0 amide bonds. The van der Waals surface area contributed by atoms with Crippen molar-refractivity contribution in [3.8, 4) is 11.3 Å². The normalized spacial score (nSPS) is 10.7.